The third-order valence-electron chi connectivity index (χ3n) is 2.97. The maximum Gasteiger partial charge on any atom is 0.0725 e. The molecule has 1 N–H and O–H groups in total. The average molecular weight is 236 g/mol. The lowest BCUT2D eigenvalue weighted by molar-refractivity contribution is 0.0650. The fourth-order valence-corrected chi connectivity index (χ4v) is 2.02. The molecule has 0 aliphatic heterocycles. The molecular formula is C14H24N2O. The number of hydrogen-bond acceptors (Lipinski definition) is 3. The van der Waals surface area contributed by atoms with Gasteiger partial charge < -0.3 is 10.1 Å². The first-order valence-electron chi connectivity index (χ1n) is 6.47. The zero-order valence-electron chi connectivity index (χ0n) is 11.1. The van der Waals surface area contributed by atoms with Crippen molar-refractivity contribution in [2.45, 2.75) is 45.3 Å². The van der Waals surface area contributed by atoms with Crippen molar-refractivity contribution in [2.24, 2.45) is 0 Å². The summed E-state index contributed by atoms with van der Waals surface area (Å²) in [5, 5.41) is 3.55. The summed E-state index contributed by atoms with van der Waals surface area (Å²) < 4.78 is 5.54. The molecule has 1 aromatic heterocycles. The molecule has 0 saturated carbocycles. The van der Waals surface area contributed by atoms with Crippen LogP contribution in [-0.4, -0.2) is 30.8 Å². The second-order valence-corrected chi connectivity index (χ2v) is 4.27. The molecule has 0 aliphatic rings. The van der Waals surface area contributed by atoms with Crippen LogP contribution in [0, 0.1) is 0 Å². The Bertz CT molecular complexity index is 286. The number of aromatic nitrogens is 1. The topological polar surface area (TPSA) is 34.2 Å². The molecule has 0 aliphatic carbocycles. The van der Waals surface area contributed by atoms with Crippen LogP contribution < -0.4 is 5.32 Å². The van der Waals surface area contributed by atoms with Gasteiger partial charge in [-0.3, -0.25) is 4.98 Å². The van der Waals surface area contributed by atoms with Crippen LogP contribution in [0.25, 0.3) is 0 Å². The fourth-order valence-electron chi connectivity index (χ4n) is 2.02. The summed E-state index contributed by atoms with van der Waals surface area (Å²) in [7, 11) is 1.78. The van der Waals surface area contributed by atoms with Gasteiger partial charge in [0, 0.05) is 31.5 Å². The minimum absolute atomic E-state index is 0.253. The maximum absolute atomic E-state index is 5.54. The molecule has 2 unspecified atom stereocenters. The molecule has 0 amide bonds. The van der Waals surface area contributed by atoms with Gasteiger partial charge in [0.25, 0.3) is 0 Å². The van der Waals surface area contributed by atoms with Crippen molar-refractivity contribution in [1.82, 2.24) is 10.3 Å². The van der Waals surface area contributed by atoms with Gasteiger partial charge in [-0.1, -0.05) is 19.9 Å². The van der Waals surface area contributed by atoms with Gasteiger partial charge in [0.1, 0.15) is 0 Å². The third-order valence-corrected chi connectivity index (χ3v) is 2.97. The molecule has 96 valence electrons. The fraction of sp³-hybridized carbons (Fsp3) is 0.643. The van der Waals surface area contributed by atoms with Crippen LogP contribution in [0.3, 0.4) is 0 Å². The molecule has 0 aromatic carbocycles. The third kappa shape index (κ3) is 4.84. The van der Waals surface area contributed by atoms with Gasteiger partial charge in [0.05, 0.1) is 6.10 Å². The highest BCUT2D eigenvalue weighted by atomic mass is 16.5. The standard InChI is InChI=1S/C14H24N2O/c1-4-9-16-13(14(5-2)17-3)11-12-8-6-7-10-15-12/h6-8,10,13-14,16H,4-5,9,11H2,1-3H3. The summed E-state index contributed by atoms with van der Waals surface area (Å²) in [6.07, 6.45) is 5.18. The number of ether oxygens (including phenoxy) is 1. The molecule has 0 spiro atoms. The lowest BCUT2D eigenvalue weighted by Gasteiger charge is -2.26. The van der Waals surface area contributed by atoms with Crippen molar-refractivity contribution >= 4 is 0 Å². The highest BCUT2D eigenvalue weighted by Gasteiger charge is 2.19. The number of pyridine rings is 1. The number of hydrogen-bond donors (Lipinski definition) is 1. The van der Waals surface area contributed by atoms with Crippen LogP contribution in [-0.2, 0) is 11.2 Å². The van der Waals surface area contributed by atoms with Gasteiger partial charge in [-0.05, 0) is 31.5 Å². The van der Waals surface area contributed by atoms with Crippen molar-refractivity contribution in [3.05, 3.63) is 30.1 Å². The number of nitrogens with one attached hydrogen (secondary N) is 1. The lowest BCUT2D eigenvalue weighted by Crippen LogP contribution is -2.42. The first-order chi connectivity index (χ1) is 8.31. The summed E-state index contributed by atoms with van der Waals surface area (Å²) >= 11 is 0. The van der Waals surface area contributed by atoms with E-state index >= 15 is 0 Å². The Hall–Kier alpha value is -0.930. The van der Waals surface area contributed by atoms with E-state index in [1.807, 2.05) is 18.3 Å². The largest absolute Gasteiger partial charge is 0.380 e. The van der Waals surface area contributed by atoms with E-state index in [-0.39, 0.29) is 6.10 Å². The van der Waals surface area contributed by atoms with Gasteiger partial charge in [-0.25, -0.2) is 0 Å². The molecule has 0 radical (unpaired) electrons. The first kappa shape index (κ1) is 14.1. The predicted molar refractivity (Wildman–Crippen MR) is 71.1 cm³/mol. The van der Waals surface area contributed by atoms with Crippen molar-refractivity contribution in [3.8, 4) is 0 Å². The van der Waals surface area contributed by atoms with Gasteiger partial charge in [-0.2, -0.15) is 0 Å². The summed E-state index contributed by atoms with van der Waals surface area (Å²) in [5.41, 5.74) is 1.12. The number of nitrogens with zero attached hydrogens (tertiary/aromatic N) is 1. The summed E-state index contributed by atoms with van der Waals surface area (Å²) in [6, 6.07) is 6.40. The highest BCUT2D eigenvalue weighted by Crippen LogP contribution is 2.09. The van der Waals surface area contributed by atoms with E-state index in [1.54, 1.807) is 7.11 Å². The molecule has 3 nitrogen and oxygen atoms in total. The Kier molecular flexibility index (Phi) is 6.82. The molecule has 0 bridgehead atoms. The predicted octanol–water partition coefficient (Wildman–Crippen LogP) is 2.42. The Morgan fingerprint density at radius 1 is 1.35 bits per heavy atom. The molecule has 2 atom stereocenters. The van der Waals surface area contributed by atoms with E-state index < -0.39 is 0 Å². The molecule has 0 saturated heterocycles. The quantitative estimate of drug-likeness (QED) is 0.752. The summed E-state index contributed by atoms with van der Waals surface area (Å²) in [5.74, 6) is 0. The average Bonchev–Trinajstić information content (AvgIpc) is 2.38. The first-order valence-corrected chi connectivity index (χ1v) is 6.47. The second kappa shape index (κ2) is 8.20. The van der Waals surface area contributed by atoms with E-state index in [9.17, 15) is 0 Å². The molecular weight excluding hydrogens is 212 g/mol. The van der Waals surface area contributed by atoms with E-state index in [4.69, 9.17) is 4.74 Å². The molecule has 3 heteroatoms. The smallest absolute Gasteiger partial charge is 0.0725 e. The Morgan fingerprint density at radius 2 is 2.18 bits per heavy atom. The Balaban J connectivity index is 2.62. The van der Waals surface area contributed by atoms with Crippen LogP contribution >= 0.6 is 0 Å². The van der Waals surface area contributed by atoms with E-state index in [1.165, 1.54) is 0 Å². The summed E-state index contributed by atoms with van der Waals surface area (Å²) in [4.78, 5) is 4.38. The Labute approximate surface area is 105 Å². The normalized spacial score (nSPS) is 14.5. The second-order valence-electron chi connectivity index (χ2n) is 4.27. The van der Waals surface area contributed by atoms with E-state index in [2.05, 4.69) is 30.2 Å². The van der Waals surface area contributed by atoms with Crippen LogP contribution in [0.15, 0.2) is 24.4 Å². The number of rotatable bonds is 8. The van der Waals surface area contributed by atoms with Crippen LogP contribution in [0.5, 0.6) is 0 Å². The number of methoxy groups -OCH3 is 1. The molecule has 0 fully saturated rings. The van der Waals surface area contributed by atoms with Crippen molar-refractivity contribution in [2.75, 3.05) is 13.7 Å². The highest BCUT2D eigenvalue weighted by molar-refractivity contribution is 5.06. The van der Waals surface area contributed by atoms with Crippen molar-refractivity contribution in [1.29, 1.82) is 0 Å². The van der Waals surface area contributed by atoms with Crippen LogP contribution in [0.1, 0.15) is 32.4 Å². The minimum Gasteiger partial charge on any atom is -0.380 e. The molecule has 1 aromatic rings. The zero-order chi connectivity index (χ0) is 12.5. The zero-order valence-corrected chi connectivity index (χ0v) is 11.1. The maximum atomic E-state index is 5.54. The Morgan fingerprint density at radius 3 is 2.71 bits per heavy atom. The van der Waals surface area contributed by atoms with Crippen LogP contribution in [0.2, 0.25) is 0 Å². The van der Waals surface area contributed by atoms with Crippen LogP contribution in [0.4, 0.5) is 0 Å². The summed E-state index contributed by atoms with van der Waals surface area (Å²) in [6.45, 7) is 5.36. The molecule has 1 heterocycles. The SMILES string of the molecule is CCCNC(Cc1ccccn1)C(CC)OC. The van der Waals surface area contributed by atoms with Gasteiger partial charge in [0.15, 0.2) is 0 Å². The lowest BCUT2D eigenvalue weighted by atomic mass is 10.0. The monoisotopic (exact) mass is 236 g/mol. The molecule has 17 heavy (non-hydrogen) atoms. The molecule has 1 rings (SSSR count). The van der Waals surface area contributed by atoms with E-state index in [0.717, 1.165) is 31.5 Å². The van der Waals surface area contributed by atoms with Gasteiger partial charge >= 0.3 is 0 Å². The minimum atomic E-state index is 0.253. The van der Waals surface area contributed by atoms with Gasteiger partial charge in [0.2, 0.25) is 0 Å². The van der Waals surface area contributed by atoms with Gasteiger partial charge in [-0.15, -0.1) is 0 Å². The van der Waals surface area contributed by atoms with E-state index in [0.29, 0.717) is 6.04 Å². The van der Waals surface area contributed by atoms with Crippen molar-refractivity contribution < 1.29 is 4.74 Å². The van der Waals surface area contributed by atoms with Crippen molar-refractivity contribution in [3.63, 3.8) is 0 Å².